The summed E-state index contributed by atoms with van der Waals surface area (Å²) >= 11 is 2.20. The van der Waals surface area contributed by atoms with E-state index in [4.69, 9.17) is 0 Å². The summed E-state index contributed by atoms with van der Waals surface area (Å²) in [5.41, 5.74) is 0.680. The first-order chi connectivity index (χ1) is 9.10. The third kappa shape index (κ3) is 3.59. The molecule has 5 nitrogen and oxygen atoms in total. The number of carbonyl (C=O) groups is 2. The van der Waals surface area contributed by atoms with E-state index < -0.39 is 6.09 Å². The van der Waals surface area contributed by atoms with E-state index in [0.29, 0.717) is 18.7 Å². The first-order valence-corrected chi connectivity index (χ1v) is 7.07. The Bertz CT molecular complexity index is 475. The molecule has 2 amide bonds. The zero-order valence-corrected chi connectivity index (χ0v) is 12.7. The van der Waals surface area contributed by atoms with E-state index in [9.17, 15) is 9.59 Å². The van der Waals surface area contributed by atoms with E-state index in [1.54, 1.807) is 4.90 Å². The smallest absolute Gasteiger partial charge is 0.407 e. The summed E-state index contributed by atoms with van der Waals surface area (Å²) < 4.78 is 5.65. The third-order valence-electron chi connectivity index (χ3n) is 3.07. The highest BCUT2D eigenvalue weighted by Gasteiger charge is 2.28. The molecule has 0 bridgehead atoms. The minimum atomic E-state index is -0.450. The van der Waals surface area contributed by atoms with Crippen LogP contribution in [0.15, 0.2) is 24.3 Å². The third-order valence-corrected chi connectivity index (χ3v) is 3.79. The zero-order valence-electron chi connectivity index (χ0n) is 10.6. The maximum Gasteiger partial charge on any atom is 0.407 e. The number of likely N-dealkylation sites (tertiary alicyclic amines) is 1. The van der Waals surface area contributed by atoms with Crippen molar-refractivity contribution in [1.82, 2.24) is 10.2 Å². The van der Waals surface area contributed by atoms with Gasteiger partial charge in [0.25, 0.3) is 5.91 Å². The fourth-order valence-corrected chi connectivity index (χ4v) is 2.42. The van der Waals surface area contributed by atoms with Crippen molar-refractivity contribution in [2.45, 2.75) is 12.5 Å². The molecule has 1 aliphatic heterocycles. The second-order valence-corrected chi connectivity index (χ2v) is 5.63. The van der Waals surface area contributed by atoms with Gasteiger partial charge in [0, 0.05) is 22.2 Å². The van der Waals surface area contributed by atoms with Crippen LogP contribution in [0.25, 0.3) is 0 Å². The van der Waals surface area contributed by atoms with Crippen molar-refractivity contribution in [3.05, 3.63) is 33.4 Å². The number of nitrogens with zero attached hydrogens (tertiary/aromatic N) is 1. The minimum Gasteiger partial charge on any atom is -0.453 e. The first kappa shape index (κ1) is 14.1. The Hall–Kier alpha value is -1.31. The second-order valence-electron chi connectivity index (χ2n) is 4.38. The molecule has 19 heavy (non-hydrogen) atoms. The van der Waals surface area contributed by atoms with Crippen LogP contribution in [-0.4, -0.2) is 43.1 Å². The summed E-state index contributed by atoms with van der Waals surface area (Å²) in [4.78, 5) is 25.1. The molecule has 1 N–H and O–H groups in total. The summed E-state index contributed by atoms with van der Waals surface area (Å²) in [6, 6.07) is 7.44. The van der Waals surface area contributed by atoms with Crippen LogP contribution in [0.2, 0.25) is 0 Å². The highest BCUT2D eigenvalue weighted by Crippen LogP contribution is 2.15. The molecule has 1 aromatic carbocycles. The average Bonchev–Trinajstić information content (AvgIpc) is 2.87. The maximum absolute atomic E-state index is 12.2. The van der Waals surface area contributed by atoms with Crippen LogP contribution in [0, 0.1) is 3.57 Å². The lowest BCUT2D eigenvalue weighted by Gasteiger charge is -2.17. The van der Waals surface area contributed by atoms with Crippen molar-refractivity contribution in [2.24, 2.45) is 0 Å². The summed E-state index contributed by atoms with van der Waals surface area (Å²) in [6.07, 6.45) is 0.305. The molecule has 1 heterocycles. The number of nitrogens with one attached hydrogen (secondary N) is 1. The molecule has 1 aliphatic rings. The highest BCUT2D eigenvalue weighted by atomic mass is 127. The molecule has 1 aromatic rings. The molecule has 0 spiro atoms. The van der Waals surface area contributed by atoms with Crippen molar-refractivity contribution in [3.8, 4) is 0 Å². The molecule has 102 valence electrons. The number of rotatable bonds is 2. The molecule has 1 saturated heterocycles. The molecule has 0 radical (unpaired) electrons. The van der Waals surface area contributed by atoms with Gasteiger partial charge in [-0.1, -0.05) is 0 Å². The lowest BCUT2D eigenvalue weighted by atomic mass is 10.2. The van der Waals surface area contributed by atoms with E-state index in [1.165, 1.54) is 7.11 Å². The zero-order chi connectivity index (χ0) is 13.8. The van der Waals surface area contributed by atoms with Gasteiger partial charge in [0.05, 0.1) is 13.2 Å². The summed E-state index contributed by atoms with van der Waals surface area (Å²) in [5, 5.41) is 2.72. The van der Waals surface area contributed by atoms with Gasteiger partial charge in [-0.05, 0) is 53.3 Å². The van der Waals surface area contributed by atoms with Gasteiger partial charge in [-0.2, -0.15) is 0 Å². The Kier molecular flexibility index (Phi) is 4.62. The molecule has 1 unspecified atom stereocenters. The van der Waals surface area contributed by atoms with Crippen LogP contribution in [0.1, 0.15) is 16.8 Å². The van der Waals surface area contributed by atoms with E-state index >= 15 is 0 Å². The quantitative estimate of drug-likeness (QED) is 0.805. The molecule has 2 rings (SSSR count). The van der Waals surface area contributed by atoms with Crippen LogP contribution < -0.4 is 5.32 Å². The van der Waals surface area contributed by atoms with Gasteiger partial charge in [-0.25, -0.2) is 4.79 Å². The number of carbonyl (C=O) groups excluding carboxylic acids is 2. The molecule has 0 aliphatic carbocycles. The normalized spacial score (nSPS) is 18.2. The van der Waals surface area contributed by atoms with Gasteiger partial charge in [0.1, 0.15) is 0 Å². The van der Waals surface area contributed by atoms with Crippen LogP contribution >= 0.6 is 22.6 Å². The molecule has 6 heteroatoms. The Morgan fingerprint density at radius 3 is 2.68 bits per heavy atom. The predicted octanol–water partition coefficient (Wildman–Crippen LogP) is 1.86. The van der Waals surface area contributed by atoms with Gasteiger partial charge in [-0.15, -0.1) is 0 Å². The Labute approximate surface area is 125 Å². The van der Waals surface area contributed by atoms with Gasteiger partial charge >= 0.3 is 6.09 Å². The van der Waals surface area contributed by atoms with Crippen molar-refractivity contribution >= 4 is 34.6 Å². The number of benzene rings is 1. The van der Waals surface area contributed by atoms with Crippen molar-refractivity contribution in [3.63, 3.8) is 0 Å². The monoisotopic (exact) mass is 374 g/mol. The van der Waals surface area contributed by atoms with Gasteiger partial charge in [-0.3, -0.25) is 4.79 Å². The highest BCUT2D eigenvalue weighted by molar-refractivity contribution is 14.1. The Morgan fingerprint density at radius 1 is 1.37 bits per heavy atom. The van der Waals surface area contributed by atoms with Crippen LogP contribution in [-0.2, 0) is 4.74 Å². The summed E-state index contributed by atoms with van der Waals surface area (Å²) in [7, 11) is 1.33. The predicted molar refractivity (Wildman–Crippen MR) is 79.0 cm³/mol. The van der Waals surface area contributed by atoms with Gasteiger partial charge in [0.2, 0.25) is 0 Å². The summed E-state index contributed by atoms with van der Waals surface area (Å²) in [5.74, 6) is 0.00515. The maximum atomic E-state index is 12.2. The topological polar surface area (TPSA) is 58.6 Å². The van der Waals surface area contributed by atoms with Crippen molar-refractivity contribution in [2.75, 3.05) is 20.2 Å². The second kappa shape index (κ2) is 6.23. The van der Waals surface area contributed by atoms with Gasteiger partial charge in [0.15, 0.2) is 0 Å². The lowest BCUT2D eigenvalue weighted by Crippen LogP contribution is -2.38. The molecule has 1 atom stereocenters. The average molecular weight is 374 g/mol. The molecule has 0 saturated carbocycles. The number of hydrogen-bond acceptors (Lipinski definition) is 3. The Balaban J connectivity index is 1.95. The number of halogens is 1. The standard InChI is InChI=1S/C13H15IN2O3/c1-19-13(18)15-11-6-7-16(8-11)12(17)9-2-4-10(14)5-3-9/h2-5,11H,6-8H2,1H3,(H,15,18). The first-order valence-electron chi connectivity index (χ1n) is 5.99. The van der Waals surface area contributed by atoms with Crippen LogP contribution in [0.5, 0.6) is 0 Å². The van der Waals surface area contributed by atoms with E-state index in [1.807, 2.05) is 24.3 Å². The SMILES string of the molecule is COC(=O)NC1CCN(C(=O)c2ccc(I)cc2)C1. The fourth-order valence-electron chi connectivity index (χ4n) is 2.06. The van der Waals surface area contributed by atoms with Crippen LogP contribution in [0.4, 0.5) is 4.79 Å². The fraction of sp³-hybridized carbons (Fsp3) is 0.385. The number of ether oxygens (including phenoxy) is 1. The number of amides is 2. The Morgan fingerprint density at radius 2 is 2.05 bits per heavy atom. The molecular weight excluding hydrogens is 359 g/mol. The minimum absolute atomic E-state index is 0.00515. The van der Waals surface area contributed by atoms with E-state index in [2.05, 4.69) is 32.6 Å². The lowest BCUT2D eigenvalue weighted by molar-refractivity contribution is 0.0788. The van der Waals surface area contributed by atoms with Crippen LogP contribution in [0.3, 0.4) is 0 Å². The molecule has 1 fully saturated rings. The molecular formula is C13H15IN2O3. The number of methoxy groups -OCH3 is 1. The van der Waals surface area contributed by atoms with Crippen molar-refractivity contribution < 1.29 is 14.3 Å². The summed E-state index contributed by atoms with van der Waals surface area (Å²) in [6.45, 7) is 1.18. The molecule has 0 aromatic heterocycles. The largest absolute Gasteiger partial charge is 0.453 e. The van der Waals surface area contributed by atoms with Gasteiger partial charge < -0.3 is 15.0 Å². The van der Waals surface area contributed by atoms with E-state index in [0.717, 1.165) is 9.99 Å². The number of alkyl carbamates (subject to hydrolysis) is 1. The van der Waals surface area contributed by atoms with E-state index in [-0.39, 0.29) is 11.9 Å². The number of hydrogen-bond donors (Lipinski definition) is 1. The van der Waals surface area contributed by atoms with Crippen molar-refractivity contribution in [1.29, 1.82) is 0 Å².